The number of benzene rings is 1. The number of halogens is 1. The van der Waals surface area contributed by atoms with E-state index in [4.69, 9.17) is 16.0 Å². The third kappa shape index (κ3) is 2.29. The van der Waals surface area contributed by atoms with E-state index in [0.29, 0.717) is 11.4 Å². The number of hydrogen-bond acceptors (Lipinski definition) is 2. The Morgan fingerprint density at radius 2 is 2.19 bits per heavy atom. The molecule has 84 valence electrons. The van der Waals surface area contributed by atoms with Crippen molar-refractivity contribution in [1.82, 2.24) is 0 Å². The van der Waals surface area contributed by atoms with Gasteiger partial charge in [-0.25, -0.2) is 0 Å². The normalized spacial score (nSPS) is 12.7. The molecule has 0 saturated carbocycles. The van der Waals surface area contributed by atoms with E-state index < -0.39 is 6.10 Å². The molecule has 0 spiro atoms. The van der Waals surface area contributed by atoms with Crippen molar-refractivity contribution in [2.24, 2.45) is 0 Å². The van der Waals surface area contributed by atoms with Crippen LogP contribution >= 0.6 is 11.6 Å². The minimum absolute atomic E-state index is 0.514. The Morgan fingerprint density at radius 3 is 2.88 bits per heavy atom. The molecule has 0 radical (unpaired) electrons. The van der Waals surface area contributed by atoms with E-state index in [2.05, 4.69) is 0 Å². The molecule has 0 saturated heterocycles. The first-order valence-electron chi connectivity index (χ1n) is 5.12. The van der Waals surface area contributed by atoms with Gasteiger partial charge in [0.1, 0.15) is 0 Å². The van der Waals surface area contributed by atoms with Crippen LogP contribution in [-0.2, 0) is 6.42 Å². The maximum absolute atomic E-state index is 10.1. The van der Waals surface area contributed by atoms with E-state index >= 15 is 0 Å². The highest BCUT2D eigenvalue weighted by atomic mass is 35.5. The zero-order valence-electron chi connectivity index (χ0n) is 8.98. The number of hydrogen-bond donors (Lipinski definition) is 1. The van der Waals surface area contributed by atoms with Gasteiger partial charge in [0.2, 0.25) is 0 Å². The Bertz CT molecular complexity index is 463. The molecule has 0 aliphatic carbocycles. The van der Waals surface area contributed by atoms with E-state index in [0.717, 1.165) is 16.7 Å². The second-order valence-corrected chi connectivity index (χ2v) is 4.21. The van der Waals surface area contributed by atoms with Crippen molar-refractivity contribution in [3.05, 3.63) is 58.5 Å². The summed E-state index contributed by atoms with van der Waals surface area (Å²) in [5.74, 6) is 0. The van der Waals surface area contributed by atoms with Gasteiger partial charge < -0.3 is 9.52 Å². The van der Waals surface area contributed by atoms with Crippen LogP contribution in [-0.4, -0.2) is 5.11 Å². The first-order valence-corrected chi connectivity index (χ1v) is 5.50. The molecule has 2 nitrogen and oxygen atoms in total. The smallest absolute Gasteiger partial charge is 0.0935 e. The molecule has 2 aromatic rings. The second-order valence-electron chi connectivity index (χ2n) is 3.83. The van der Waals surface area contributed by atoms with Gasteiger partial charge in [-0.3, -0.25) is 0 Å². The molecule has 1 atom stereocenters. The van der Waals surface area contributed by atoms with Gasteiger partial charge in [0.05, 0.1) is 18.6 Å². The predicted octanol–water partition coefficient (Wildman–Crippen LogP) is 3.52. The highest BCUT2D eigenvalue weighted by Gasteiger charge is 2.13. The summed E-state index contributed by atoms with van der Waals surface area (Å²) in [5, 5.41) is 10.7. The lowest BCUT2D eigenvalue weighted by molar-refractivity contribution is 0.178. The van der Waals surface area contributed by atoms with Gasteiger partial charge in [-0.15, -0.1) is 0 Å². The average molecular weight is 237 g/mol. The highest BCUT2D eigenvalue weighted by molar-refractivity contribution is 6.32. The Morgan fingerprint density at radius 1 is 1.38 bits per heavy atom. The largest absolute Gasteiger partial charge is 0.472 e. The van der Waals surface area contributed by atoms with Crippen LogP contribution in [0.1, 0.15) is 22.8 Å². The quantitative estimate of drug-likeness (QED) is 0.885. The number of aliphatic hydroxyl groups excluding tert-OH is 1. The Labute approximate surface area is 99.5 Å². The van der Waals surface area contributed by atoms with Crippen LogP contribution < -0.4 is 0 Å². The standard InChI is InChI=1S/C13H13ClO2/c1-9-3-2-4-11(13(9)14)12(15)7-10-5-6-16-8-10/h2-6,8,12,15H,7H2,1H3. The summed E-state index contributed by atoms with van der Waals surface area (Å²) >= 11 is 6.14. The third-order valence-corrected chi connectivity index (χ3v) is 3.11. The van der Waals surface area contributed by atoms with E-state index in [1.165, 1.54) is 0 Å². The van der Waals surface area contributed by atoms with E-state index in [1.807, 2.05) is 31.2 Å². The van der Waals surface area contributed by atoms with Gasteiger partial charge >= 0.3 is 0 Å². The predicted molar refractivity (Wildman–Crippen MR) is 63.6 cm³/mol. The number of aryl methyl sites for hydroxylation is 1. The topological polar surface area (TPSA) is 33.4 Å². The van der Waals surface area contributed by atoms with Crippen molar-refractivity contribution in [2.45, 2.75) is 19.4 Å². The molecule has 0 aliphatic heterocycles. The van der Waals surface area contributed by atoms with Gasteiger partial charge in [-0.1, -0.05) is 29.8 Å². The molecule has 1 aromatic carbocycles. The summed E-state index contributed by atoms with van der Waals surface area (Å²) in [5.41, 5.74) is 2.71. The van der Waals surface area contributed by atoms with E-state index in [1.54, 1.807) is 12.5 Å². The molecule has 0 aliphatic rings. The fourth-order valence-corrected chi connectivity index (χ4v) is 1.92. The fraction of sp³-hybridized carbons (Fsp3) is 0.231. The highest BCUT2D eigenvalue weighted by Crippen LogP contribution is 2.28. The zero-order chi connectivity index (χ0) is 11.5. The van der Waals surface area contributed by atoms with Crippen molar-refractivity contribution in [3.63, 3.8) is 0 Å². The summed E-state index contributed by atoms with van der Waals surface area (Å²) < 4.78 is 4.96. The van der Waals surface area contributed by atoms with Crippen LogP contribution in [0.5, 0.6) is 0 Å². The van der Waals surface area contributed by atoms with Crippen molar-refractivity contribution < 1.29 is 9.52 Å². The summed E-state index contributed by atoms with van der Waals surface area (Å²) in [6.45, 7) is 1.93. The molecule has 1 heterocycles. The molecule has 0 bridgehead atoms. The lowest BCUT2D eigenvalue weighted by Gasteiger charge is -2.12. The summed E-state index contributed by atoms with van der Waals surface area (Å²) in [4.78, 5) is 0. The summed E-state index contributed by atoms with van der Waals surface area (Å²) in [6, 6.07) is 7.51. The first-order chi connectivity index (χ1) is 7.68. The van der Waals surface area contributed by atoms with Crippen molar-refractivity contribution in [1.29, 1.82) is 0 Å². The van der Waals surface area contributed by atoms with Crippen LogP contribution in [0, 0.1) is 6.92 Å². The molecule has 1 unspecified atom stereocenters. The zero-order valence-corrected chi connectivity index (χ0v) is 9.74. The molecular weight excluding hydrogens is 224 g/mol. The molecule has 0 fully saturated rings. The first kappa shape index (κ1) is 11.2. The lowest BCUT2D eigenvalue weighted by Crippen LogP contribution is -2.02. The van der Waals surface area contributed by atoms with Crippen molar-refractivity contribution >= 4 is 11.6 Å². The van der Waals surface area contributed by atoms with E-state index in [9.17, 15) is 5.11 Å². The number of furan rings is 1. The monoisotopic (exact) mass is 236 g/mol. The van der Waals surface area contributed by atoms with E-state index in [-0.39, 0.29) is 0 Å². The Hall–Kier alpha value is -1.25. The maximum atomic E-state index is 10.1. The molecule has 1 N–H and O–H groups in total. The fourth-order valence-electron chi connectivity index (χ4n) is 1.67. The molecule has 1 aromatic heterocycles. The van der Waals surface area contributed by atoms with Gasteiger partial charge in [0.25, 0.3) is 0 Å². The van der Waals surface area contributed by atoms with Crippen LogP contribution in [0.2, 0.25) is 5.02 Å². The van der Waals surface area contributed by atoms with Gasteiger partial charge in [-0.05, 0) is 29.7 Å². The number of rotatable bonds is 3. The van der Waals surface area contributed by atoms with Crippen LogP contribution in [0.25, 0.3) is 0 Å². The Kier molecular flexibility index (Phi) is 3.32. The molecule has 0 amide bonds. The maximum Gasteiger partial charge on any atom is 0.0935 e. The van der Waals surface area contributed by atoms with Gasteiger partial charge in [0, 0.05) is 11.4 Å². The second kappa shape index (κ2) is 4.73. The Balaban J connectivity index is 2.21. The lowest BCUT2D eigenvalue weighted by atomic mass is 10.0. The molecule has 3 heteroatoms. The summed E-state index contributed by atoms with van der Waals surface area (Å²) in [6.07, 6.45) is 3.15. The average Bonchev–Trinajstić information content (AvgIpc) is 2.74. The SMILES string of the molecule is Cc1cccc(C(O)Cc2ccoc2)c1Cl. The third-order valence-electron chi connectivity index (χ3n) is 2.59. The molecular formula is C13H13ClO2. The summed E-state index contributed by atoms with van der Waals surface area (Å²) in [7, 11) is 0. The van der Waals surface area contributed by atoms with Gasteiger partial charge in [-0.2, -0.15) is 0 Å². The van der Waals surface area contributed by atoms with Crippen LogP contribution in [0.3, 0.4) is 0 Å². The molecule has 2 rings (SSSR count). The number of aliphatic hydroxyl groups is 1. The van der Waals surface area contributed by atoms with Crippen molar-refractivity contribution in [3.8, 4) is 0 Å². The van der Waals surface area contributed by atoms with Crippen molar-refractivity contribution in [2.75, 3.05) is 0 Å². The minimum atomic E-state index is -0.593. The van der Waals surface area contributed by atoms with Crippen LogP contribution in [0.4, 0.5) is 0 Å². The molecule has 16 heavy (non-hydrogen) atoms. The minimum Gasteiger partial charge on any atom is -0.472 e. The van der Waals surface area contributed by atoms with Gasteiger partial charge in [0.15, 0.2) is 0 Å². The van der Waals surface area contributed by atoms with Crippen LogP contribution in [0.15, 0.2) is 41.2 Å².